The summed E-state index contributed by atoms with van der Waals surface area (Å²) in [5.74, 6) is -2.82. The number of aliphatic hydroxyl groups is 2. The predicted molar refractivity (Wildman–Crippen MR) is 193 cm³/mol. The minimum absolute atomic E-state index is 0.0205. The molecule has 3 rings (SSSR count). The summed E-state index contributed by atoms with van der Waals surface area (Å²) >= 11 is 0.937. The second-order valence-corrected chi connectivity index (χ2v) is 18.4. The minimum Gasteiger partial charge on any atom is -0.481 e. The number of ether oxygens (including phenoxy) is 1. The van der Waals surface area contributed by atoms with Crippen molar-refractivity contribution in [1.82, 2.24) is 30.2 Å². The van der Waals surface area contributed by atoms with Crippen LogP contribution in [0.1, 0.15) is 46.3 Å². The van der Waals surface area contributed by atoms with Gasteiger partial charge >= 0.3 is 29.4 Å². The van der Waals surface area contributed by atoms with Gasteiger partial charge in [-0.2, -0.15) is 4.31 Å². The number of hydrogen-bond donors (Lipinski definition) is 10. The highest BCUT2D eigenvalue weighted by Crippen LogP contribution is 2.61. The predicted octanol–water partition coefficient (Wildman–Crippen LogP) is -0.834. The number of aliphatic carboxylic acids is 1. The fraction of sp³-hybridized carbons (Fsp3) is 0.667. The number of phosphoric ester groups is 3. The zero-order valence-electron chi connectivity index (χ0n) is 30.4. The number of phosphoric acid groups is 3. The third-order valence-electron chi connectivity index (χ3n) is 7.94. The number of carbonyl (C=O) groups excluding carboxylic acids is 3. The lowest BCUT2D eigenvalue weighted by Gasteiger charge is -2.30. The van der Waals surface area contributed by atoms with Gasteiger partial charge in [0.2, 0.25) is 11.8 Å². The van der Waals surface area contributed by atoms with Gasteiger partial charge in [0.25, 0.3) is 0 Å². The van der Waals surface area contributed by atoms with Gasteiger partial charge < -0.3 is 56.0 Å². The van der Waals surface area contributed by atoms with E-state index in [1.165, 1.54) is 13.8 Å². The number of carboxylic acids is 1. The third-order valence-corrected chi connectivity index (χ3v) is 12.1. The molecule has 57 heavy (non-hydrogen) atoms. The normalized spacial score (nSPS) is 22.0. The number of nitrogens with two attached hydrogens (primary N) is 1. The fourth-order valence-electron chi connectivity index (χ4n) is 4.88. The Labute approximate surface area is 327 Å². The number of carboxylic acid groups (broad SMARTS) is 1. The molecule has 1 saturated heterocycles. The van der Waals surface area contributed by atoms with Gasteiger partial charge in [-0.15, -0.1) is 0 Å². The molecule has 1 aliphatic rings. The average Bonchev–Trinajstić information content (AvgIpc) is 3.66. The maximum absolute atomic E-state index is 12.7. The number of amides is 2. The molecule has 11 N–H and O–H groups in total. The highest BCUT2D eigenvalue weighted by atomic mass is 32.2. The summed E-state index contributed by atoms with van der Waals surface area (Å²) in [4.78, 5) is 98.2. The van der Waals surface area contributed by atoms with Crippen LogP contribution < -0.4 is 16.4 Å². The van der Waals surface area contributed by atoms with Crippen LogP contribution >= 0.6 is 35.2 Å². The number of hydrogen-bond acceptors (Lipinski definition) is 19. The molecule has 322 valence electrons. The number of anilines is 1. The zero-order chi connectivity index (χ0) is 42.9. The minimum atomic E-state index is -5.59. The summed E-state index contributed by atoms with van der Waals surface area (Å²) < 4.78 is 62.0. The first-order valence-electron chi connectivity index (χ1n) is 16.6. The van der Waals surface area contributed by atoms with Crippen molar-refractivity contribution in [1.29, 1.82) is 0 Å². The molecule has 1 fully saturated rings. The van der Waals surface area contributed by atoms with Crippen LogP contribution in [0.4, 0.5) is 5.82 Å². The Bertz CT molecular complexity index is 1900. The summed E-state index contributed by atoms with van der Waals surface area (Å²) in [6.07, 6.45) is -7.03. The number of carbonyl (C=O) groups is 4. The highest BCUT2D eigenvalue weighted by molar-refractivity contribution is 8.13. The number of thioether (sulfide) groups is 1. The molecule has 30 heteroatoms. The second kappa shape index (κ2) is 20.3. The molecule has 26 nitrogen and oxygen atoms in total. The van der Waals surface area contributed by atoms with E-state index < -0.39 is 96.4 Å². The third kappa shape index (κ3) is 15.0. The van der Waals surface area contributed by atoms with E-state index in [9.17, 15) is 62.7 Å². The first-order chi connectivity index (χ1) is 26.3. The van der Waals surface area contributed by atoms with E-state index in [2.05, 4.69) is 34.4 Å². The van der Waals surface area contributed by atoms with Gasteiger partial charge in [-0.1, -0.05) is 32.5 Å². The molecule has 0 radical (unpaired) electrons. The molecule has 0 spiro atoms. The number of rotatable bonds is 23. The van der Waals surface area contributed by atoms with E-state index in [0.29, 0.717) is 0 Å². The Morgan fingerprint density at radius 1 is 1.04 bits per heavy atom. The molecule has 3 heterocycles. The van der Waals surface area contributed by atoms with Crippen LogP contribution in [-0.2, 0) is 55.5 Å². The monoisotopic (exact) mass is 895 g/mol. The topological polar surface area (TPSA) is 401 Å². The standard InChI is InChI=1S/C27H44N7O19P3S/c1-14(4-5-17(36)37)26(41)57-9-8-29-16(35)6-7-30-24(40)21(39)27(2,3)11-50-56(47,48)53-55(45,46)49-10-15-20(52-54(42,43)44)19(38)25(51-15)34-13-33-18-22(28)31-12-32-23(18)34/h12-15,19-21,25,38-39H,4-11H2,1-3H3,(H,29,35)(H,30,40)(H,36,37)(H,45,46)(H,47,48)(H2,28,31,32)(H2,42,43,44)/t14?,15-,19-,20-,21+,25-/m1/s1. The van der Waals surface area contributed by atoms with E-state index >= 15 is 0 Å². The van der Waals surface area contributed by atoms with Crippen molar-refractivity contribution in [3.8, 4) is 0 Å². The Hall–Kier alpha value is -2.97. The molecular formula is C27H44N7O19P3S. The van der Waals surface area contributed by atoms with Gasteiger partial charge in [-0.3, -0.25) is 37.3 Å². The number of nitrogen functional groups attached to an aromatic ring is 1. The maximum atomic E-state index is 12.7. The number of nitrogens with one attached hydrogen (secondary N) is 2. The van der Waals surface area contributed by atoms with Crippen molar-refractivity contribution in [2.45, 2.75) is 70.7 Å². The van der Waals surface area contributed by atoms with Crippen LogP contribution in [0.25, 0.3) is 11.2 Å². The molecule has 8 atom stereocenters. The summed E-state index contributed by atoms with van der Waals surface area (Å²) in [5.41, 5.74) is 4.21. The van der Waals surface area contributed by atoms with E-state index in [1.54, 1.807) is 6.92 Å². The molecule has 2 aromatic rings. The van der Waals surface area contributed by atoms with Gasteiger partial charge in [0.1, 0.15) is 36.3 Å². The lowest BCUT2D eigenvalue weighted by Crippen LogP contribution is -2.46. The second-order valence-electron chi connectivity index (χ2n) is 13.1. The number of fused-ring (bicyclic) bond motifs is 1. The Morgan fingerprint density at radius 2 is 1.70 bits per heavy atom. The summed E-state index contributed by atoms with van der Waals surface area (Å²) in [5, 5.41) is 34.8. The zero-order valence-corrected chi connectivity index (χ0v) is 33.9. The number of nitrogens with zero attached hydrogens (tertiary/aromatic N) is 4. The first-order valence-corrected chi connectivity index (χ1v) is 22.1. The molecular weight excluding hydrogens is 851 g/mol. The molecule has 2 amide bonds. The maximum Gasteiger partial charge on any atom is 0.481 e. The van der Waals surface area contributed by atoms with Crippen LogP contribution in [-0.4, -0.2) is 134 Å². The number of imidazole rings is 1. The van der Waals surface area contributed by atoms with E-state index in [-0.39, 0.29) is 60.2 Å². The van der Waals surface area contributed by atoms with Crippen molar-refractivity contribution < 1.29 is 90.4 Å². The molecule has 3 unspecified atom stereocenters. The van der Waals surface area contributed by atoms with E-state index in [4.69, 9.17) is 24.6 Å². The van der Waals surface area contributed by atoms with Gasteiger partial charge in [0.15, 0.2) is 22.8 Å². The SMILES string of the molecule is CC(CCC(=O)O)C(=O)SCCNC(=O)CCNC(=O)[C@H](O)C(C)(C)COP(=O)(O)OP(=O)(O)OC[C@H]1O[C@@H](n2cnc3c(N)ncnc32)[C@H](O)[C@@H]1OP(=O)(O)O. The van der Waals surface area contributed by atoms with Crippen LogP contribution in [0.3, 0.4) is 0 Å². The fourth-order valence-corrected chi connectivity index (χ4v) is 8.52. The first kappa shape index (κ1) is 48.4. The number of aliphatic hydroxyl groups excluding tert-OH is 2. The van der Waals surface area contributed by atoms with Crippen molar-refractivity contribution in [2.75, 3.05) is 37.8 Å². The van der Waals surface area contributed by atoms with Crippen LogP contribution in [0.2, 0.25) is 0 Å². The summed E-state index contributed by atoms with van der Waals surface area (Å²) in [6.45, 7) is 1.87. The summed E-state index contributed by atoms with van der Waals surface area (Å²) in [7, 11) is -16.4. The molecule has 0 aliphatic carbocycles. The van der Waals surface area contributed by atoms with Crippen LogP contribution in [0.5, 0.6) is 0 Å². The van der Waals surface area contributed by atoms with Gasteiger partial charge in [-0.05, 0) is 6.42 Å². The Balaban J connectivity index is 1.47. The van der Waals surface area contributed by atoms with Crippen molar-refractivity contribution in [3.63, 3.8) is 0 Å². The molecule has 1 aliphatic heterocycles. The molecule has 0 aromatic carbocycles. The average molecular weight is 896 g/mol. The molecule has 0 bridgehead atoms. The molecule has 0 saturated carbocycles. The lowest BCUT2D eigenvalue weighted by molar-refractivity contribution is -0.138. The van der Waals surface area contributed by atoms with Crippen LogP contribution in [0, 0.1) is 11.3 Å². The van der Waals surface area contributed by atoms with E-state index in [0.717, 1.165) is 29.0 Å². The van der Waals surface area contributed by atoms with Gasteiger partial charge in [0, 0.05) is 43.0 Å². The highest BCUT2D eigenvalue weighted by Gasteiger charge is 2.50. The van der Waals surface area contributed by atoms with E-state index in [1.807, 2.05) is 0 Å². The Morgan fingerprint density at radius 3 is 2.35 bits per heavy atom. The van der Waals surface area contributed by atoms with Gasteiger partial charge in [-0.25, -0.2) is 28.6 Å². The Kier molecular flexibility index (Phi) is 17.3. The number of aromatic nitrogens is 4. The van der Waals surface area contributed by atoms with Crippen molar-refractivity contribution in [3.05, 3.63) is 12.7 Å². The van der Waals surface area contributed by atoms with Gasteiger partial charge in [0.05, 0.1) is 19.5 Å². The summed E-state index contributed by atoms with van der Waals surface area (Å²) in [6, 6.07) is 0. The smallest absolute Gasteiger partial charge is 0.481 e. The van der Waals surface area contributed by atoms with Crippen molar-refractivity contribution in [2.24, 2.45) is 11.3 Å². The van der Waals surface area contributed by atoms with Crippen molar-refractivity contribution >= 4 is 75.1 Å². The molecule has 2 aromatic heterocycles. The lowest BCUT2D eigenvalue weighted by atomic mass is 9.87. The largest absolute Gasteiger partial charge is 0.481 e. The van der Waals surface area contributed by atoms with Crippen LogP contribution in [0.15, 0.2) is 12.7 Å². The quantitative estimate of drug-likeness (QED) is 0.0480.